The zero-order valence-electron chi connectivity index (χ0n) is 19.1. The lowest BCUT2D eigenvalue weighted by atomic mass is 9.97. The molecule has 1 aromatic heterocycles. The van der Waals surface area contributed by atoms with Crippen molar-refractivity contribution in [3.8, 4) is 0 Å². The van der Waals surface area contributed by atoms with Crippen molar-refractivity contribution in [1.29, 1.82) is 0 Å². The number of carbonyl (C=O) groups is 4. The number of benzene rings is 1. The molecule has 2 aromatic rings. The van der Waals surface area contributed by atoms with Crippen LogP contribution in [-0.2, 0) is 19.2 Å². The van der Waals surface area contributed by atoms with Crippen molar-refractivity contribution in [2.75, 3.05) is 5.32 Å². The Labute approximate surface area is 190 Å². The van der Waals surface area contributed by atoms with Gasteiger partial charge in [-0.15, -0.1) is 0 Å². The van der Waals surface area contributed by atoms with Crippen molar-refractivity contribution >= 4 is 40.3 Å². The van der Waals surface area contributed by atoms with Crippen LogP contribution in [0.15, 0.2) is 33.5 Å². The monoisotopic (exact) mass is 459 g/mol. The molecule has 0 saturated carbocycles. The number of amides is 3. The minimum atomic E-state index is -1.11. The number of aryl methyl sites for hydroxylation is 1. The summed E-state index contributed by atoms with van der Waals surface area (Å²) in [6, 6.07) is 4.45. The van der Waals surface area contributed by atoms with Gasteiger partial charge in [-0.3, -0.25) is 19.2 Å². The molecule has 1 heterocycles. The molecule has 3 atom stereocenters. The fourth-order valence-electron chi connectivity index (χ4n) is 3.19. The number of anilines is 1. The van der Waals surface area contributed by atoms with Crippen LogP contribution in [0.5, 0.6) is 0 Å². The highest BCUT2D eigenvalue weighted by Crippen LogP contribution is 2.21. The number of carboxylic acids is 1. The van der Waals surface area contributed by atoms with Gasteiger partial charge >= 0.3 is 11.6 Å². The molecule has 0 aliphatic carbocycles. The summed E-state index contributed by atoms with van der Waals surface area (Å²) in [7, 11) is 0. The molecule has 0 fully saturated rings. The van der Waals surface area contributed by atoms with E-state index in [1.807, 2.05) is 6.92 Å². The summed E-state index contributed by atoms with van der Waals surface area (Å²) in [5.41, 5.74) is 0.977. The fourth-order valence-corrected chi connectivity index (χ4v) is 3.19. The molecular weight excluding hydrogens is 430 g/mol. The van der Waals surface area contributed by atoms with Gasteiger partial charge in [0.05, 0.1) is 6.42 Å². The number of aliphatic carboxylic acids is 1. The Kier molecular flexibility index (Phi) is 8.72. The van der Waals surface area contributed by atoms with Gasteiger partial charge in [0.2, 0.25) is 17.7 Å². The molecule has 3 unspecified atom stereocenters. The van der Waals surface area contributed by atoms with Gasteiger partial charge < -0.3 is 25.5 Å². The van der Waals surface area contributed by atoms with E-state index in [-0.39, 0.29) is 18.8 Å². The number of rotatable bonds is 10. The summed E-state index contributed by atoms with van der Waals surface area (Å²) in [5.74, 6) is -2.94. The van der Waals surface area contributed by atoms with Gasteiger partial charge in [-0.1, -0.05) is 20.3 Å². The molecule has 0 bridgehead atoms. The third-order valence-electron chi connectivity index (χ3n) is 5.35. The number of hydrogen-bond acceptors (Lipinski definition) is 6. The Morgan fingerprint density at radius 1 is 1.03 bits per heavy atom. The summed E-state index contributed by atoms with van der Waals surface area (Å²) in [6.07, 6.45) is -0.00632. The van der Waals surface area contributed by atoms with Crippen LogP contribution in [-0.4, -0.2) is 40.9 Å². The average molecular weight is 459 g/mol. The number of hydrogen-bond donors (Lipinski definition) is 4. The van der Waals surface area contributed by atoms with Crippen molar-refractivity contribution in [1.82, 2.24) is 10.6 Å². The lowest BCUT2D eigenvalue weighted by Gasteiger charge is -2.25. The Morgan fingerprint density at radius 2 is 1.73 bits per heavy atom. The molecule has 1 aromatic carbocycles. The molecule has 33 heavy (non-hydrogen) atoms. The van der Waals surface area contributed by atoms with E-state index in [2.05, 4.69) is 16.0 Å². The summed E-state index contributed by atoms with van der Waals surface area (Å²) in [4.78, 5) is 59.7. The normalized spacial score (nSPS) is 13.6. The lowest BCUT2D eigenvalue weighted by Crippen LogP contribution is -2.54. The first-order chi connectivity index (χ1) is 15.5. The third kappa shape index (κ3) is 7.16. The van der Waals surface area contributed by atoms with Crippen LogP contribution in [0.1, 0.15) is 45.6 Å². The van der Waals surface area contributed by atoms with E-state index in [9.17, 15) is 24.0 Å². The predicted molar refractivity (Wildman–Crippen MR) is 122 cm³/mol. The quantitative estimate of drug-likeness (QED) is 0.396. The molecule has 0 aliphatic rings. The second-order valence-corrected chi connectivity index (χ2v) is 8.00. The highest BCUT2D eigenvalue weighted by atomic mass is 16.4. The molecule has 0 radical (unpaired) electrons. The molecule has 3 amide bonds. The minimum absolute atomic E-state index is 0.235. The maximum atomic E-state index is 12.8. The van der Waals surface area contributed by atoms with E-state index in [0.29, 0.717) is 17.7 Å². The van der Waals surface area contributed by atoms with Crippen LogP contribution >= 0.6 is 0 Å². The van der Waals surface area contributed by atoms with Gasteiger partial charge in [-0.25, -0.2) is 4.79 Å². The molecular formula is C23H29N3O7. The summed E-state index contributed by atoms with van der Waals surface area (Å²) >= 11 is 0. The number of carbonyl (C=O) groups excluding carboxylic acids is 3. The van der Waals surface area contributed by atoms with Gasteiger partial charge in [0.25, 0.3) is 0 Å². The maximum absolute atomic E-state index is 12.8. The van der Waals surface area contributed by atoms with Crippen LogP contribution in [0, 0.1) is 12.8 Å². The molecule has 0 aliphatic heterocycles. The van der Waals surface area contributed by atoms with Crippen LogP contribution in [0.4, 0.5) is 5.69 Å². The molecule has 10 nitrogen and oxygen atoms in total. The summed E-state index contributed by atoms with van der Waals surface area (Å²) in [6.45, 7) is 6.91. The zero-order chi connectivity index (χ0) is 24.7. The lowest BCUT2D eigenvalue weighted by molar-refractivity contribution is -0.139. The Morgan fingerprint density at radius 3 is 2.36 bits per heavy atom. The van der Waals surface area contributed by atoms with E-state index < -0.39 is 41.4 Å². The third-order valence-corrected chi connectivity index (χ3v) is 5.35. The number of carboxylic acid groups (broad SMARTS) is 1. The van der Waals surface area contributed by atoms with Gasteiger partial charge in [-0.05, 0) is 37.5 Å². The standard InChI is InChI=1S/C23H29N3O7/c1-5-12(2)21(26-18(27)8-9-19(28)29)23(32)24-14(4)22(31)25-15-6-7-16-13(3)10-20(30)33-17(16)11-15/h6-7,10-12,14,21H,5,8-9H2,1-4H3,(H,24,32)(H,25,31)(H,26,27)(H,28,29). The number of nitrogens with one attached hydrogen (secondary N) is 3. The first-order valence-electron chi connectivity index (χ1n) is 10.7. The SMILES string of the molecule is CCC(C)C(NC(=O)CCC(=O)O)C(=O)NC(C)C(=O)Nc1ccc2c(C)cc(=O)oc2c1. The first-order valence-corrected chi connectivity index (χ1v) is 10.7. The maximum Gasteiger partial charge on any atom is 0.336 e. The van der Waals surface area contributed by atoms with Crippen LogP contribution in [0.3, 0.4) is 0 Å². The molecule has 0 spiro atoms. The highest BCUT2D eigenvalue weighted by Gasteiger charge is 2.28. The number of fused-ring (bicyclic) bond motifs is 1. The average Bonchev–Trinajstić information content (AvgIpc) is 2.74. The summed E-state index contributed by atoms with van der Waals surface area (Å²) < 4.78 is 5.18. The molecule has 4 N–H and O–H groups in total. The Balaban J connectivity index is 2.05. The second kappa shape index (κ2) is 11.3. The van der Waals surface area contributed by atoms with E-state index in [1.165, 1.54) is 19.1 Å². The van der Waals surface area contributed by atoms with Crippen LogP contribution in [0.25, 0.3) is 11.0 Å². The van der Waals surface area contributed by atoms with E-state index in [1.54, 1.807) is 26.0 Å². The van der Waals surface area contributed by atoms with E-state index in [4.69, 9.17) is 9.52 Å². The van der Waals surface area contributed by atoms with Gasteiger partial charge in [0.15, 0.2) is 0 Å². The molecule has 178 valence electrons. The smallest absolute Gasteiger partial charge is 0.336 e. The fraction of sp³-hybridized carbons (Fsp3) is 0.435. The van der Waals surface area contributed by atoms with E-state index in [0.717, 1.165) is 10.9 Å². The van der Waals surface area contributed by atoms with Crippen molar-refractivity contribution in [2.45, 2.75) is 59.0 Å². The van der Waals surface area contributed by atoms with Gasteiger partial charge in [-0.2, -0.15) is 0 Å². The molecule has 0 saturated heterocycles. The predicted octanol–water partition coefficient (Wildman–Crippen LogP) is 1.94. The van der Waals surface area contributed by atoms with Crippen molar-refractivity contribution in [3.63, 3.8) is 0 Å². The van der Waals surface area contributed by atoms with Gasteiger partial charge in [0, 0.05) is 29.6 Å². The van der Waals surface area contributed by atoms with Crippen LogP contribution < -0.4 is 21.6 Å². The van der Waals surface area contributed by atoms with Crippen molar-refractivity contribution in [2.24, 2.45) is 5.92 Å². The first kappa shape index (κ1) is 25.6. The van der Waals surface area contributed by atoms with Gasteiger partial charge in [0.1, 0.15) is 17.7 Å². The Hall–Kier alpha value is -3.69. The minimum Gasteiger partial charge on any atom is -0.481 e. The largest absolute Gasteiger partial charge is 0.481 e. The summed E-state index contributed by atoms with van der Waals surface area (Å²) in [5, 5.41) is 17.3. The zero-order valence-corrected chi connectivity index (χ0v) is 19.1. The Bertz CT molecular complexity index is 1110. The second-order valence-electron chi connectivity index (χ2n) is 8.00. The van der Waals surface area contributed by atoms with Crippen LogP contribution in [0.2, 0.25) is 0 Å². The topological polar surface area (TPSA) is 155 Å². The van der Waals surface area contributed by atoms with Crippen molar-refractivity contribution in [3.05, 3.63) is 40.2 Å². The molecule has 2 rings (SSSR count). The van der Waals surface area contributed by atoms with E-state index >= 15 is 0 Å². The molecule has 10 heteroatoms. The highest BCUT2D eigenvalue weighted by molar-refractivity contribution is 5.99. The van der Waals surface area contributed by atoms with Crippen molar-refractivity contribution < 1.29 is 28.7 Å².